The van der Waals surface area contributed by atoms with Crippen molar-refractivity contribution >= 4 is 34.6 Å². The molecule has 0 radical (unpaired) electrons. The lowest BCUT2D eigenvalue weighted by atomic mass is 10.1. The zero-order chi connectivity index (χ0) is 19.8. The monoisotopic (exact) mass is 415 g/mol. The van der Waals surface area contributed by atoms with Crippen molar-refractivity contribution in [3.8, 4) is 16.2 Å². The van der Waals surface area contributed by atoms with Crippen LogP contribution in [0, 0.1) is 0 Å². The first kappa shape index (κ1) is 18.7. The van der Waals surface area contributed by atoms with Crippen molar-refractivity contribution in [2.45, 2.75) is 19.4 Å². The Kier molecular flexibility index (Phi) is 4.95. The van der Waals surface area contributed by atoms with Crippen LogP contribution in [0.1, 0.15) is 32.6 Å². The number of Topliss-reactive ketones (excluding diaryl/α,β-unsaturated/α-hetero) is 1. The van der Waals surface area contributed by atoms with Crippen LogP contribution in [-0.4, -0.2) is 34.1 Å². The molecule has 6 nitrogen and oxygen atoms in total. The molecule has 1 aromatic carbocycles. The minimum absolute atomic E-state index is 0.0519. The van der Waals surface area contributed by atoms with Crippen LogP contribution in [0.2, 0.25) is 5.02 Å². The number of hydrogen-bond donors (Lipinski definition) is 1. The summed E-state index contributed by atoms with van der Waals surface area (Å²) < 4.78 is 7.48. The van der Waals surface area contributed by atoms with Gasteiger partial charge in [-0.1, -0.05) is 11.6 Å². The molecule has 0 spiro atoms. The Bertz CT molecular complexity index is 1070. The minimum Gasteiger partial charge on any atom is -0.486 e. The maximum absolute atomic E-state index is 12.2. The Morgan fingerprint density at radius 3 is 2.86 bits per heavy atom. The van der Waals surface area contributed by atoms with Crippen molar-refractivity contribution in [3.05, 3.63) is 57.7 Å². The first-order chi connectivity index (χ1) is 13.4. The number of nitrogens with zero attached hydrogens (tertiary/aromatic N) is 2. The molecule has 1 unspecified atom stereocenters. The van der Waals surface area contributed by atoms with E-state index < -0.39 is 0 Å². The van der Waals surface area contributed by atoms with Gasteiger partial charge in [-0.05, 0) is 42.8 Å². The molecule has 3 heterocycles. The van der Waals surface area contributed by atoms with Gasteiger partial charge in [-0.3, -0.25) is 14.3 Å². The summed E-state index contributed by atoms with van der Waals surface area (Å²) in [5.74, 6) is 0.520. The number of halogens is 1. The third-order valence-corrected chi connectivity index (χ3v) is 6.15. The Morgan fingerprint density at radius 2 is 2.18 bits per heavy atom. The van der Waals surface area contributed by atoms with Gasteiger partial charge in [-0.25, -0.2) is 0 Å². The van der Waals surface area contributed by atoms with Crippen molar-refractivity contribution in [2.75, 3.05) is 6.54 Å². The molecular formula is C20H18ClN3O3S. The first-order valence-electron chi connectivity index (χ1n) is 8.79. The molecule has 1 amide bonds. The lowest BCUT2D eigenvalue weighted by molar-refractivity contribution is 0.0923. The molecule has 0 fully saturated rings. The maximum atomic E-state index is 12.2. The highest BCUT2D eigenvalue weighted by atomic mass is 35.5. The molecule has 28 heavy (non-hydrogen) atoms. The van der Waals surface area contributed by atoms with Crippen LogP contribution in [0.3, 0.4) is 0 Å². The van der Waals surface area contributed by atoms with Gasteiger partial charge >= 0.3 is 0 Å². The van der Waals surface area contributed by atoms with E-state index in [1.54, 1.807) is 26.2 Å². The van der Waals surface area contributed by atoms with Crippen molar-refractivity contribution in [3.63, 3.8) is 0 Å². The fourth-order valence-corrected chi connectivity index (χ4v) is 4.39. The standard InChI is InChI=1S/C20H18ClN3O3S/c1-11(25)17-3-4-18(28-17)12-7-13-8-14(27-19(13)15(21)9-12)10-22-20(26)16-5-6-23-24(16)2/h3-7,9,14H,8,10H2,1-2H3,(H,22,26). The molecule has 8 heteroatoms. The van der Waals surface area contributed by atoms with E-state index in [-0.39, 0.29) is 17.8 Å². The van der Waals surface area contributed by atoms with Crippen LogP contribution in [0.4, 0.5) is 0 Å². The molecule has 1 aliphatic heterocycles. The molecule has 0 bridgehead atoms. The lowest BCUT2D eigenvalue weighted by Crippen LogP contribution is -2.35. The number of aromatic nitrogens is 2. The average Bonchev–Trinajstić information content (AvgIpc) is 3.38. The van der Waals surface area contributed by atoms with Crippen LogP contribution in [0.25, 0.3) is 10.4 Å². The number of nitrogens with one attached hydrogen (secondary N) is 1. The van der Waals surface area contributed by atoms with E-state index in [9.17, 15) is 9.59 Å². The van der Waals surface area contributed by atoms with Crippen LogP contribution in [0.5, 0.6) is 5.75 Å². The quantitative estimate of drug-likeness (QED) is 0.644. The number of amides is 1. The number of benzene rings is 1. The van der Waals surface area contributed by atoms with Crippen LogP contribution < -0.4 is 10.1 Å². The largest absolute Gasteiger partial charge is 0.486 e. The van der Waals surface area contributed by atoms with Gasteiger partial charge in [0, 0.05) is 30.1 Å². The van der Waals surface area contributed by atoms with Gasteiger partial charge in [0.2, 0.25) is 0 Å². The summed E-state index contributed by atoms with van der Waals surface area (Å²) in [6.07, 6.45) is 2.05. The summed E-state index contributed by atoms with van der Waals surface area (Å²) in [5, 5.41) is 7.41. The highest BCUT2D eigenvalue weighted by Gasteiger charge is 2.27. The third kappa shape index (κ3) is 3.55. The second-order valence-electron chi connectivity index (χ2n) is 6.66. The molecular weight excluding hydrogens is 398 g/mol. The van der Waals surface area contributed by atoms with Crippen molar-refractivity contribution < 1.29 is 14.3 Å². The van der Waals surface area contributed by atoms with E-state index in [1.165, 1.54) is 16.0 Å². The van der Waals surface area contributed by atoms with Crippen LogP contribution >= 0.6 is 22.9 Å². The van der Waals surface area contributed by atoms with Gasteiger partial charge in [0.05, 0.1) is 16.4 Å². The van der Waals surface area contributed by atoms with Crippen molar-refractivity contribution in [2.24, 2.45) is 7.05 Å². The number of rotatable bonds is 5. The summed E-state index contributed by atoms with van der Waals surface area (Å²) in [6.45, 7) is 1.93. The summed E-state index contributed by atoms with van der Waals surface area (Å²) >= 11 is 7.89. The minimum atomic E-state index is -0.193. The Labute approximate surface area is 171 Å². The second-order valence-corrected chi connectivity index (χ2v) is 8.15. The highest BCUT2D eigenvalue weighted by Crippen LogP contribution is 2.41. The number of ether oxygens (including phenoxy) is 1. The predicted octanol–water partition coefficient (Wildman–Crippen LogP) is 3.74. The number of thiophene rings is 1. The second kappa shape index (κ2) is 7.41. The van der Waals surface area contributed by atoms with Crippen molar-refractivity contribution in [1.29, 1.82) is 0 Å². The zero-order valence-corrected chi connectivity index (χ0v) is 16.9. The molecule has 3 aromatic rings. The van der Waals surface area contributed by atoms with Gasteiger partial charge < -0.3 is 10.1 Å². The van der Waals surface area contributed by atoms with Gasteiger partial charge in [-0.15, -0.1) is 11.3 Å². The zero-order valence-electron chi connectivity index (χ0n) is 15.4. The summed E-state index contributed by atoms with van der Waals surface area (Å²) in [4.78, 5) is 25.5. The fourth-order valence-electron chi connectivity index (χ4n) is 3.22. The first-order valence-corrected chi connectivity index (χ1v) is 9.98. The normalized spacial score (nSPS) is 15.2. The predicted molar refractivity (Wildman–Crippen MR) is 108 cm³/mol. The highest BCUT2D eigenvalue weighted by molar-refractivity contribution is 7.17. The molecule has 4 rings (SSSR count). The Morgan fingerprint density at radius 1 is 1.36 bits per heavy atom. The fraction of sp³-hybridized carbons (Fsp3) is 0.250. The maximum Gasteiger partial charge on any atom is 0.269 e. The smallest absolute Gasteiger partial charge is 0.269 e. The number of fused-ring (bicyclic) bond motifs is 1. The molecule has 0 aliphatic carbocycles. The number of carbonyl (C=O) groups is 2. The number of ketones is 1. The van der Waals surface area contributed by atoms with Gasteiger partial charge in [-0.2, -0.15) is 5.10 Å². The molecule has 1 aliphatic rings. The van der Waals surface area contributed by atoms with E-state index in [0.717, 1.165) is 20.9 Å². The van der Waals surface area contributed by atoms with Gasteiger partial charge in [0.1, 0.15) is 17.5 Å². The average molecular weight is 416 g/mol. The lowest BCUT2D eigenvalue weighted by Gasteiger charge is -2.12. The molecule has 0 saturated heterocycles. The third-order valence-electron chi connectivity index (χ3n) is 4.63. The number of hydrogen-bond acceptors (Lipinski definition) is 5. The van der Waals surface area contributed by atoms with E-state index in [4.69, 9.17) is 16.3 Å². The molecule has 0 saturated carbocycles. The van der Waals surface area contributed by atoms with Crippen LogP contribution in [-0.2, 0) is 13.5 Å². The van der Waals surface area contributed by atoms with E-state index in [1.807, 2.05) is 24.3 Å². The number of aryl methyl sites for hydroxylation is 1. The summed E-state index contributed by atoms with van der Waals surface area (Å²) in [7, 11) is 1.72. The summed E-state index contributed by atoms with van der Waals surface area (Å²) in [6, 6.07) is 9.32. The molecule has 1 atom stereocenters. The molecule has 144 valence electrons. The SMILES string of the molecule is CC(=O)c1ccc(-c2cc(Cl)c3c(c2)CC(CNC(=O)c2ccnn2C)O3)s1. The summed E-state index contributed by atoms with van der Waals surface area (Å²) in [5.41, 5.74) is 2.46. The Balaban J connectivity index is 1.47. The van der Waals surface area contributed by atoms with E-state index in [2.05, 4.69) is 10.4 Å². The van der Waals surface area contributed by atoms with Crippen LogP contribution in [0.15, 0.2) is 36.5 Å². The Hall–Kier alpha value is -2.64. The van der Waals surface area contributed by atoms with Crippen molar-refractivity contribution in [1.82, 2.24) is 15.1 Å². The molecule has 1 N–H and O–H groups in total. The topological polar surface area (TPSA) is 73.2 Å². The molecule has 2 aromatic heterocycles. The van der Waals surface area contributed by atoms with Gasteiger partial charge in [0.15, 0.2) is 5.78 Å². The number of carbonyl (C=O) groups excluding carboxylic acids is 2. The van der Waals surface area contributed by atoms with E-state index in [0.29, 0.717) is 29.4 Å². The van der Waals surface area contributed by atoms with Gasteiger partial charge in [0.25, 0.3) is 5.91 Å². The van der Waals surface area contributed by atoms with E-state index >= 15 is 0 Å².